The number of aromatic nitrogens is 3. The van der Waals surface area contributed by atoms with E-state index in [0.717, 1.165) is 27.7 Å². The zero-order valence-electron chi connectivity index (χ0n) is 22.0. The molecule has 200 valence electrons. The van der Waals surface area contributed by atoms with Crippen molar-refractivity contribution in [1.29, 1.82) is 0 Å². The lowest BCUT2D eigenvalue weighted by Crippen LogP contribution is -2.27. The Bertz CT molecular complexity index is 1810. The van der Waals surface area contributed by atoms with E-state index in [-0.39, 0.29) is 17.9 Å². The molecule has 0 saturated carbocycles. The Morgan fingerprint density at radius 3 is 2.51 bits per heavy atom. The number of fused-ring (bicyclic) bond motifs is 2. The van der Waals surface area contributed by atoms with Crippen LogP contribution in [0.1, 0.15) is 30.9 Å². The van der Waals surface area contributed by atoms with E-state index in [1.807, 2.05) is 65.2 Å². The normalized spacial score (nSPS) is 12.2. The second-order valence-corrected chi connectivity index (χ2v) is 12.3. The third-order valence-corrected chi connectivity index (χ3v) is 7.80. The molecule has 9 heteroatoms. The highest BCUT2D eigenvalue weighted by molar-refractivity contribution is 7.90. The first-order valence-electron chi connectivity index (χ1n) is 12.5. The molecule has 0 spiro atoms. The summed E-state index contributed by atoms with van der Waals surface area (Å²) < 4.78 is 32.2. The maximum absolute atomic E-state index is 12.1. The van der Waals surface area contributed by atoms with Crippen molar-refractivity contribution in [3.05, 3.63) is 95.9 Å². The van der Waals surface area contributed by atoms with Gasteiger partial charge in [-0.3, -0.25) is 4.79 Å². The highest BCUT2D eigenvalue weighted by Crippen LogP contribution is 2.29. The van der Waals surface area contributed by atoms with Crippen molar-refractivity contribution in [3.8, 4) is 5.75 Å². The SMILES string of the molecule is CC(C)(Cc1nc2cc(OCc3ccc4ccccc4n3)ccc2n1Cc1cccc(S(C)(=O)=O)c1)C(=O)O. The van der Waals surface area contributed by atoms with Gasteiger partial charge in [-0.2, -0.15) is 0 Å². The lowest BCUT2D eigenvalue weighted by Gasteiger charge is -2.19. The van der Waals surface area contributed by atoms with Crippen LogP contribution in [0.25, 0.3) is 21.9 Å². The molecule has 5 rings (SSSR count). The van der Waals surface area contributed by atoms with Gasteiger partial charge in [0.25, 0.3) is 0 Å². The fourth-order valence-electron chi connectivity index (χ4n) is 4.43. The summed E-state index contributed by atoms with van der Waals surface area (Å²) in [6.45, 7) is 3.95. The van der Waals surface area contributed by atoms with Crippen LogP contribution in [0.4, 0.5) is 0 Å². The molecular formula is C30H29N3O5S. The average Bonchev–Trinajstić information content (AvgIpc) is 3.22. The molecule has 0 radical (unpaired) electrons. The molecule has 0 atom stereocenters. The quantitative estimate of drug-likeness (QED) is 0.270. The molecule has 39 heavy (non-hydrogen) atoms. The molecule has 0 aliphatic rings. The van der Waals surface area contributed by atoms with Crippen LogP contribution in [-0.2, 0) is 34.2 Å². The van der Waals surface area contributed by atoms with E-state index in [0.29, 0.717) is 23.6 Å². The van der Waals surface area contributed by atoms with Gasteiger partial charge in [0.05, 0.1) is 32.6 Å². The van der Waals surface area contributed by atoms with Gasteiger partial charge in [0.1, 0.15) is 18.2 Å². The summed E-state index contributed by atoms with van der Waals surface area (Å²) in [5, 5.41) is 10.8. The number of carbonyl (C=O) groups is 1. The van der Waals surface area contributed by atoms with Crippen LogP contribution >= 0.6 is 0 Å². The molecule has 0 unspecified atom stereocenters. The van der Waals surface area contributed by atoms with Crippen LogP contribution in [-0.4, -0.2) is 40.3 Å². The first-order chi connectivity index (χ1) is 18.5. The second-order valence-electron chi connectivity index (χ2n) is 10.3. The number of imidazole rings is 1. The summed E-state index contributed by atoms with van der Waals surface area (Å²) in [6.07, 6.45) is 1.37. The van der Waals surface area contributed by atoms with Crippen molar-refractivity contribution in [1.82, 2.24) is 14.5 Å². The summed E-state index contributed by atoms with van der Waals surface area (Å²) in [5.74, 6) is 0.285. The molecule has 3 aromatic carbocycles. The monoisotopic (exact) mass is 543 g/mol. The van der Waals surface area contributed by atoms with E-state index in [9.17, 15) is 18.3 Å². The lowest BCUT2D eigenvalue weighted by molar-refractivity contribution is -0.146. The Balaban J connectivity index is 1.47. The fraction of sp³-hybridized carbons (Fsp3) is 0.233. The minimum absolute atomic E-state index is 0.194. The van der Waals surface area contributed by atoms with E-state index >= 15 is 0 Å². The molecular weight excluding hydrogens is 514 g/mol. The molecule has 5 aromatic rings. The number of carboxylic acids is 1. The lowest BCUT2D eigenvalue weighted by atomic mass is 9.89. The number of hydrogen-bond acceptors (Lipinski definition) is 6. The third-order valence-electron chi connectivity index (χ3n) is 6.69. The fourth-order valence-corrected chi connectivity index (χ4v) is 5.13. The molecule has 0 saturated heterocycles. The van der Waals surface area contributed by atoms with Gasteiger partial charge in [-0.05, 0) is 55.8 Å². The zero-order valence-corrected chi connectivity index (χ0v) is 22.8. The van der Waals surface area contributed by atoms with Gasteiger partial charge in [0, 0.05) is 30.7 Å². The molecule has 0 fully saturated rings. The van der Waals surface area contributed by atoms with Crippen LogP contribution in [0.15, 0.2) is 83.8 Å². The number of hydrogen-bond donors (Lipinski definition) is 1. The second kappa shape index (κ2) is 10.1. The molecule has 2 aromatic heterocycles. The number of pyridine rings is 1. The molecule has 0 aliphatic heterocycles. The van der Waals surface area contributed by atoms with E-state index < -0.39 is 21.2 Å². The summed E-state index contributed by atoms with van der Waals surface area (Å²) in [7, 11) is -3.37. The number of rotatable bonds is 9. The Labute approximate surface area is 226 Å². The number of nitrogens with zero attached hydrogens (tertiary/aromatic N) is 3. The maximum atomic E-state index is 12.1. The molecule has 0 aliphatic carbocycles. The Morgan fingerprint density at radius 1 is 0.949 bits per heavy atom. The van der Waals surface area contributed by atoms with Gasteiger partial charge in [-0.1, -0.05) is 36.4 Å². The zero-order chi connectivity index (χ0) is 27.8. The first-order valence-corrected chi connectivity index (χ1v) is 14.4. The van der Waals surface area contributed by atoms with Crippen molar-refractivity contribution >= 4 is 37.7 Å². The van der Waals surface area contributed by atoms with Gasteiger partial charge in [0.15, 0.2) is 9.84 Å². The van der Waals surface area contributed by atoms with Crippen LogP contribution in [0.2, 0.25) is 0 Å². The highest BCUT2D eigenvalue weighted by atomic mass is 32.2. The molecule has 1 N–H and O–H groups in total. The minimum atomic E-state index is -3.37. The number of sulfone groups is 1. The number of benzene rings is 3. The minimum Gasteiger partial charge on any atom is -0.487 e. The van der Waals surface area contributed by atoms with Crippen LogP contribution in [0, 0.1) is 5.41 Å². The van der Waals surface area contributed by atoms with Crippen LogP contribution < -0.4 is 4.74 Å². The predicted molar refractivity (Wildman–Crippen MR) is 150 cm³/mol. The van der Waals surface area contributed by atoms with Crippen molar-refractivity contribution in [3.63, 3.8) is 0 Å². The van der Waals surface area contributed by atoms with Crippen molar-refractivity contribution < 1.29 is 23.1 Å². The number of aliphatic carboxylic acids is 1. The highest BCUT2D eigenvalue weighted by Gasteiger charge is 2.30. The first kappa shape index (κ1) is 26.4. The Morgan fingerprint density at radius 2 is 1.74 bits per heavy atom. The van der Waals surface area contributed by atoms with E-state index in [2.05, 4.69) is 4.98 Å². The van der Waals surface area contributed by atoms with E-state index in [1.165, 1.54) is 6.26 Å². The average molecular weight is 544 g/mol. The van der Waals surface area contributed by atoms with Gasteiger partial charge in [-0.25, -0.2) is 18.4 Å². The van der Waals surface area contributed by atoms with E-state index in [4.69, 9.17) is 9.72 Å². The largest absolute Gasteiger partial charge is 0.487 e. The van der Waals surface area contributed by atoms with Crippen LogP contribution in [0.5, 0.6) is 5.75 Å². The predicted octanol–water partition coefficient (Wildman–Crippen LogP) is 5.27. The molecule has 0 bridgehead atoms. The van der Waals surface area contributed by atoms with Gasteiger partial charge < -0.3 is 14.4 Å². The van der Waals surface area contributed by atoms with Gasteiger partial charge in [-0.15, -0.1) is 0 Å². The van der Waals surface area contributed by atoms with Gasteiger partial charge >= 0.3 is 5.97 Å². The Hall–Kier alpha value is -4.24. The van der Waals surface area contributed by atoms with Crippen molar-refractivity contribution in [2.75, 3.05) is 6.26 Å². The summed E-state index contributed by atoms with van der Waals surface area (Å²) in [5.41, 5.74) is 2.89. The smallest absolute Gasteiger partial charge is 0.309 e. The number of ether oxygens (including phenoxy) is 1. The topological polar surface area (TPSA) is 111 Å². The molecule has 8 nitrogen and oxygen atoms in total. The Kier molecular flexibility index (Phi) is 6.86. The number of para-hydroxylation sites is 1. The standard InChI is InChI=1S/C30H29N3O5S/c1-30(2,29(34)35)17-28-32-26-16-23(38-19-22-12-11-21-8-4-5-10-25(21)31-22)13-14-27(26)33(28)18-20-7-6-9-24(15-20)39(3,36)37/h4-16H,17-19H2,1-3H3,(H,34,35). The van der Waals surface area contributed by atoms with E-state index in [1.54, 1.807) is 32.0 Å². The summed E-state index contributed by atoms with van der Waals surface area (Å²) in [4.78, 5) is 21.6. The summed E-state index contributed by atoms with van der Waals surface area (Å²) >= 11 is 0. The third kappa shape index (κ3) is 5.78. The van der Waals surface area contributed by atoms with Crippen molar-refractivity contribution in [2.24, 2.45) is 5.41 Å². The molecule has 0 amide bonds. The molecule has 2 heterocycles. The van der Waals surface area contributed by atoms with Gasteiger partial charge in [0.2, 0.25) is 0 Å². The summed E-state index contributed by atoms with van der Waals surface area (Å²) in [6, 6.07) is 24.2. The number of carboxylic acid groups (broad SMARTS) is 1. The van der Waals surface area contributed by atoms with Crippen LogP contribution in [0.3, 0.4) is 0 Å². The van der Waals surface area contributed by atoms with Crippen molar-refractivity contribution in [2.45, 2.75) is 38.3 Å². The maximum Gasteiger partial charge on any atom is 0.309 e.